The van der Waals surface area contributed by atoms with Gasteiger partial charge >= 0.3 is 0 Å². The molecule has 0 spiro atoms. The summed E-state index contributed by atoms with van der Waals surface area (Å²) in [7, 11) is 3.26. The van der Waals surface area contributed by atoms with Crippen LogP contribution in [0.15, 0.2) is 88.5 Å². The van der Waals surface area contributed by atoms with Crippen LogP contribution in [0.3, 0.4) is 0 Å². The first-order valence-corrected chi connectivity index (χ1v) is 19.4. The number of hydrogen-bond donors (Lipinski definition) is 2. The molecule has 1 aliphatic rings. The standard InChI is InChI=1S/C41H48BrN7O6/c1-5-7-22-48(23-8-6-2)26-43-38-36-37(42)47-49(39(36)46-40(45-38)44-27-50)35-24-33(51)34(55-35)25-54-41(28-12-10-9-11-13-28,29-14-18-31(52-3)19-15-29)30-16-20-32(53-4)21-17-30/h9-21,26-27,33-35,51H,5-8,22-25H2,1-4H3,(H,44,45,46,50)/t33-,34+,35+/m0/s1. The number of aliphatic hydroxyl groups is 1. The van der Waals surface area contributed by atoms with Gasteiger partial charge in [0.05, 0.1) is 38.7 Å². The lowest BCUT2D eigenvalue weighted by atomic mass is 9.80. The average Bonchev–Trinajstić information content (AvgIpc) is 3.76. The lowest BCUT2D eigenvalue weighted by molar-refractivity contribution is -0.105. The molecule has 0 saturated carbocycles. The maximum absolute atomic E-state index is 11.5. The third-order valence-electron chi connectivity index (χ3n) is 9.73. The molecule has 290 valence electrons. The predicted octanol–water partition coefficient (Wildman–Crippen LogP) is 7.39. The van der Waals surface area contributed by atoms with Gasteiger partial charge in [-0.2, -0.15) is 15.1 Å². The molecule has 1 amide bonds. The first-order chi connectivity index (χ1) is 26.8. The summed E-state index contributed by atoms with van der Waals surface area (Å²) in [5.74, 6) is 1.84. The number of fused-ring (bicyclic) bond motifs is 1. The molecule has 5 aromatic rings. The maximum atomic E-state index is 11.5. The Hall–Kier alpha value is -4.89. The van der Waals surface area contributed by atoms with Crippen molar-refractivity contribution in [3.05, 3.63) is 100 Å². The lowest BCUT2D eigenvalue weighted by Gasteiger charge is -2.37. The zero-order valence-electron chi connectivity index (χ0n) is 31.6. The van der Waals surface area contributed by atoms with E-state index in [0.717, 1.165) is 55.5 Å². The normalized spacial score (nSPS) is 17.2. The monoisotopic (exact) mass is 813 g/mol. The summed E-state index contributed by atoms with van der Waals surface area (Å²) in [5.41, 5.74) is 1.90. The number of rotatable bonds is 19. The molecule has 0 bridgehead atoms. The molecular formula is C41H48BrN7O6. The minimum Gasteiger partial charge on any atom is -0.497 e. The van der Waals surface area contributed by atoms with E-state index in [1.165, 1.54) is 0 Å². The number of unbranched alkanes of at least 4 members (excludes halogenated alkanes) is 2. The molecular weight excluding hydrogens is 766 g/mol. The first kappa shape index (κ1) is 39.8. The summed E-state index contributed by atoms with van der Waals surface area (Å²) in [6, 6.07) is 25.5. The van der Waals surface area contributed by atoms with Crippen molar-refractivity contribution in [3.8, 4) is 11.5 Å². The molecule has 3 atom stereocenters. The van der Waals surface area contributed by atoms with Gasteiger partial charge in [0.2, 0.25) is 12.4 Å². The quantitative estimate of drug-likeness (QED) is 0.0375. The SMILES string of the molecule is CCCCN(C=Nc1nc(NC=O)nc2c1c(Br)nn2[C@H]1C[C@H](O)[C@@H](COC(c2ccccc2)(c2ccc(OC)cc2)c2ccc(OC)cc2)O1)CCCC. The Labute approximate surface area is 329 Å². The van der Waals surface area contributed by atoms with Crippen molar-refractivity contribution in [2.45, 2.75) is 70.0 Å². The molecule has 0 radical (unpaired) electrons. The number of carbonyl (C=O) groups excluding carboxylic acids is 1. The van der Waals surface area contributed by atoms with Gasteiger partial charge in [-0.25, -0.2) is 9.67 Å². The minimum absolute atomic E-state index is 0.0266. The number of anilines is 1. The molecule has 3 heterocycles. The van der Waals surface area contributed by atoms with Gasteiger partial charge in [0.15, 0.2) is 17.7 Å². The van der Waals surface area contributed by atoms with Crippen molar-refractivity contribution < 1.29 is 28.8 Å². The molecule has 1 fully saturated rings. The van der Waals surface area contributed by atoms with E-state index in [1.54, 1.807) is 25.2 Å². The summed E-state index contributed by atoms with van der Waals surface area (Å²) < 4.78 is 26.6. The van der Waals surface area contributed by atoms with Crippen LogP contribution in [0.25, 0.3) is 11.0 Å². The molecule has 2 aromatic heterocycles. The number of aromatic nitrogens is 4. The highest BCUT2D eigenvalue weighted by Crippen LogP contribution is 2.43. The third kappa shape index (κ3) is 8.83. The van der Waals surface area contributed by atoms with Gasteiger partial charge in [0.1, 0.15) is 27.8 Å². The van der Waals surface area contributed by atoms with Gasteiger partial charge in [-0.3, -0.25) is 10.1 Å². The number of aliphatic imine (C=N–C) groups is 1. The van der Waals surface area contributed by atoms with E-state index in [0.29, 0.717) is 39.4 Å². The van der Waals surface area contributed by atoms with Gasteiger partial charge in [0, 0.05) is 19.5 Å². The number of carbonyl (C=O) groups is 1. The summed E-state index contributed by atoms with van der Waals surface area (Å²) in [6.45, 7) is 6.08. The second-order valence-corrected chi connectivity index (χ2v) is 14.1. The highest BCUT2D eigenvalue weighted by Gasteiger charge is 2.42. The van der Waals surface area contributed by atoms with E-state index in [4.69, 9.17) is 29.0 Å². The van der Waals surface area contributed by atoms with Crippen LogP contribution in [-0.4, -0.2) is 88.6 Å². The smallest absolute Gasteiger partial charge is 0.233 e. The van der Waals surface area contributed by atoms with E-state index in [-0.39, 0.29) is 19.0 Å². The van der Waals surface area contributed by atoms with E-state index >= 15 is 0 Å². The van der Waals surface area contributed by atoms with Gasteiger partial charge in [-0.05, 0) is 69.7 Å². The highest BCUT2D eigenvalue weighted by molar-refractivity contribution is 9.10. The molecule has 0 unspecified atom stereocenters. The Morgan fingerprint density at radius 1 is 0.945 bits per heavy atom. The number of amides is 1. The Bertz CT molecular complexity index is 1970. The van der Waals surface area contributed by atoms with E-state index in [9.17, 15) is 9.90 Å². The first-order valence-electron chi connectivity index (χ1n) is 18.6. The number of ether oxygens (including phenoxy) is 4. The average molecular weight is 815 g/mol. The van der Waals surface area contributed by atoms with Crippen LogP contribution in [0, 0.1) is 0 Å². The number of benzene rings is 3. The molecule has 55 heavy (non-hydrogen) atoms. The number of aliphatic hydroxyl groups excluding tert-OH is 1. The van der Waals surface area contributed by atoms with Crippen LogP contribution in [-0.2, 0) is 19.9 Å². The topological polar surface area (TPSA) is 145 Å². The number of halogens is 1. The largest absolute Gasteiger partial charge is 0.497 e. The van der Waals surface area contributed by atoms with Crippen molar-refractivity contribution in [3.63, 3.8) is 0 Å². The second kappa shape index (κ2) is 18.6. The van der Waals surface area contributed by atoms with Crippen LogP contribution in [0.2, 0.25) is 0 Å². The van der Waals surface area contributed by atoms with Crippen LogP contribution in [0.5, 0.6) is 11.5 Å². The second-order valence-electron chi connectivity index (χ2n) is 13.3. The van der Waals surface area contributed by atoms with Gasteiger partial charge in [-0.1, -0.05) is 81.3 Å². The van der Waals surface area contributed by atoms with E-state index in [2.05, 4.69) is 50.0 Å². The van der Waals surface area contributed by atoms with Crippen LogP contribution < -0.4 is 14.8 Å². The summed E-state index contributed by atoms with van der Waals surface area (Å²) in [5, 5.41) is 19.4. The van der Waals surface area contributed by atoms with E-state index in [1.807, 2.05) is 78.9 Å². The molecule has 1 saturated heterocycles. The summed E-state index contributed by atoms with van der Waals surface area (Å²) in [6.07, 6.45) is 4.38. The van der Waals surface area contributed by atoms with Gasteiger partial charge < -0.3 is 29.0 Å². The molecule has 14 heteroatoms. The molecule has 13 nitrogen and oxygen atoms in total. The van der Waals surface area contributed by atoms with E-state index < -0.39 is 24.0 Å². The zero-order chi connectivity index (χ0) is 38.8. The van der Waals surface area contributed by atoms with Gasteiger partial charge in [0.25, 0.3) is 0 Å². The van der Waals surface area contributed by atoms with Crippen molar-refractivity contribution in [1.82, 2.24) is 24.6 Å². The van der Waals surface area contributed by atoms with Crippen molar-refractivity contribution in [2.75, 3.05) is 39.2 Å². The van der Waals surface area contributed by atoms with Crippen LogP contribution in [0.4, 0.5) is 11.8 Å². The molecule has 1 aliphatic heterocycles. The van der Waals surface area contributed by atoms with Crippen molar-refractivity contribution in [2.24, 2.45) is 4.99 Å². The third-order valence-corrected chi connectivity index (χ3v) is 10.3. The number of methoxy groups -OCH3 is 2. The predicted molar refractivity (Wildman–Crippen MR) is 215 cm³/mol. The fourth-order valence-corrected chi connectivity index (χ4v) is 7.30. The maximum Gasteiger partial charge on any atom is 0.233 e. The molecule has 2 N–H and O–H groups in total. The lowest BCUT2D eigenvalue weighted by Crippen LogP contribution is -2.38. The molecule has 6 rings (SSSR count). The summed E-state index contributed by atoms with van der Waals surface area (Å²) in [4.78, 5) is 27.6. The Balaban J connectivity index is 1.33. The highest BCUT2D eigenvalue weighted by atomic mass is 79.9. The van der Waals surface area contributed by atoms with Gasteiger partial charge in [-0.15, -0.1) is 0 Å². The zero-order valence-corrected chi connectivity index (χ0v) is 33.2. The Kier molecular flexibility index (Phi) is 13.5. The Morgan fingerprint density at radius 2 is 1.55 bits per heavy atom. The van der Waals surface area contributed by atoms with Crippen LogP contribution in [0.1, 0.15) is 68.9 Å². The number of nitrogens with one attached hydrogen (secondary N) is 1. The number of nitrogens with zero attached hydrogens (tertiary/aromatic N) is 6. The van der Waals surface area contributed by atoms with Crippen molar-refractivity contribution >= 4 is 51.5 Å². The summed E-state index contributed by atoms with van der Waals surface area (Å²) >= 11 is 3.61. The minimum atomic E-state index is -1.10. The fraction of sp³-hybridized carbons (Fsp3) is 0.390. The Morgan fingerprint density at radius 3 is 2.11 bits per heavy atom. The number of hydrogen-bond acceptors (Lipinski definition) is 10. The molecule has 3 aromatic carbocycles. The fourth-order valence-electron chi connectivity index (χ4n) is 6.77. The van der Waals surface area contributed by atoms with Crippen LogP contribution >= 0.6 is 15.9 Å². The molecule has 0 aliphatic carbocycles. The van der Waals surface area contributed by atoms with Crippen molar-refractivity contribution in [1.29, 1.82) is 0 Å².